The SMILES string of the molecule is CCOc1cc(CNc2ccc(F)cc2)cc(I)c1OCC. The van der Waals surface area contributed by atoms with Crippen molar-refractivity contribution in [3.8, 4) is 11.5 Å². The molecule has 118 valence electrons. The zero-order valence-electron chi connectivity index (χ0n) is 12.7. The second kappa shape index (κ2) is 8.22. The monoisotopic (exact) mass is 415 g/mol. The van der Waals surface area contributed by atoms with E-state index in [9.17, 15) is 4.39 Å². The van der Waals surface area contributed by atoms with Gasteiger partial charge in [-0.3, -0.25) is 0 Å². The van der Waals surface area contributed by atoms with Crippen LogP contribution in [0.15, 0.2) is 36.4 Å². The van der Waals surface area contributed by atoms with Crippen molar-refractivity contribution in [3.05, 3.63) is 51.3 Å². The summed E-state index contributed by atoms with van der Waals surface area (Å²) in [7, 11) is 0. The number of ether oxygens (including phenoxy) is 2. The molecule has 0 bridgehead atoms. The lowest BCUT2D eigenvalue weighted by molar-refractivity contribution is 0.286. The number of anilines is 1. The Kier molecular flexibility index (Phi) is 6.30. The molecule has 5 heteroatoms. The van der Waals surface area contributed by atoms with Gasteiger partial charge in [-0.15, -0.1) is 0 Å². The maximum absolute atomic E-state index is 12.9. The number of hydrogen-bond donors (Lipinski definition) is 1. The maximum atomic E-state index is 12.9. The number of benzene rings is 2. The molecule has 22 heavy (non-hydrogen) atoms. The summed E-state index contributed by atoms with van der Waals surface area (Å²) >= 11 is 2.25. The van der Waals surface area contributed by atoms with Crippen LogP contribution in [0, 0.1) is 9.39 Å². The molecular weight excluding hydrogens is 396 g/mol. The molecule has 0 heterocycles. The van der Waals surface area contributed by atoms with Gasteiger partial charge in [0.05, 0.1) is 16.8 Å². The van der Waals surface area contributed by atoms with Crippen molar-refractivity contribution in [2.75, 3.05) is 18.5 Å². The molecule has 2 aromatic rings. The standard InChI is InChI=1S/C17H19FINO2/c1-3-21-16-10-12(9-15(19)17(16)22-4-2)11-20-14-7-5-13(18)6-8-14/h5-10,20H,3-4,11H2,1-2H3. The molecule has 0 spiro atoms. The van der Waals surface area contributed by atoms with Crippen LogP contribution in [0.5, 0.6) is 11.5 Å². The Labute approximate surface area is 144 Å². The first kappa shape index (κ1) is 16.9. The molecule has 0 aliphatic carbocycles. The Balaban J connectivity index is 2.15. The molecule has 3 nitrogen and oxygen atoms in total. The van der Waals surface area contributed by atoms with E-state index >= 15 is 0 Å². The van der Waals surface area contributed by atoms with Crippen LogP contribution in [0.1, 0.15) is 19.4 Å². The first-order valence-electron chi connectivity index (χ1n) is 7.21. The van der Waals surface area contributed by atoms with Crippen LogP contribution < -0.4 is 14.8 Å². The lowest BCUT2D eigenvalue weighted by atomic mass is 10.2. The fourth-order valence-corrected chi connectivity index (χ4v) is 2.86. The lowest BCUT2D eigenvalue weighted by Crippen LogP contribution is -2.04. The van der Waals surface area contributed by atoms with Crippen molar-refractivity contribution < 1.29 is 13.9 Å². The average molecular weight is 415 g/mol. The molecule has 0 unspecified atom stereocenters. The van der Waals surface area contributed by atoms with Crippen molar-refractivity contribution >= 4 is 28.3 Å². The predicted molar refractivity (Wildman–Crippen MR) is 95.2 cm³/mol. The highest BCUT2D eigenvalue weighted by molar-refractivity contribution is 14.1. The molecule has 0 saturated heterocycles. The number of nitrogens with one attached hydrogen (secondary N) is 1. The van der Waals surface area contributed by atoms with Gasteiger partial charge < -0.3 is 14.8 Å². The first-order chi connectivity index (χ1) is 10.6. The Morgan fingerprint density at radius 2 is 1.73 bits per heavy atom. The molecule has 0 aliphatic heterocycles. The third-order valence-electron chi connectivity index (χ3n) is 3.00. The van der Waals surface area contributed by atoms with Gasteiger partial charge in [0.15, 0.2) is 11.5 Å². The molecule has 0 amide bonds. The minimum Gasteiger partial charge on any atom is -0.490 e. The second-order valence-corrected chi connectivity index (χ2v) is 5.79. The minimum absolute atomic E-state index is 0.236. The Bertz CT molecular complexity index is 617. The summed E-state index contributed by atoms with van der Waals surface area (Å²) in [4.78, 5) is 0. The van der Waals surface area contributed by atoms with E-state index in [4.69, 9.17) is 9.47 Å². The average Bonchev–Trinajstić information content (AvgIpc) is 2.50. The number of rotatable bonds is 7. The Morgan fingerprint density at radius 3 is 2.36 bits per heavy atom. The summed E-state index contributed by atoms with van der Waals surface area (Å²) in [5.41, 5.74) is 1.96. The minimum atomic E-state index is -0.236. The quantitative estimate of drug-likeness (QED) is 0.657. The zero-order valence-corrected chi connectivity index (χ0v) is 14.8. The molecule has 0 aromatic heterocycles. The molecule has 1 N–H and O–H groups in total. The van der Waals surface area contributed by atoms with E-state index in [0.717, 1.165) is 26.3 Å². The van der Waals surface area contributed by atoms with Gasteiger partial charge in [0.25, 0.3) is 0 Å². The highest BCUT2D eigenvalue weighted by atomic mass is 127. The first-order valence-corrected chi connectivity index (χ1v) is 8.29. The van der Waals surface area contributed by atoms with Gasteiger partial charge in [-0.05, 0) is 78.4 Å². The van der Waals surface area contributed by atoms with Gasteiger partial charge in [0.1, 0.15) is 5.82 Å². The number of hydrogen-bond acceptors (Lipinski definition) is 3. The predicted octanol–water partition coefficient (Wildman–Crippen LogP) is 4.84. The molecule has 0 radical (unpaired) electrons. The third kappa shape index (κ3) is 4.50. The van der Waals surface area contributed by atoms with Crippen LogP contribution >= 0.6 is 22.6 Å². The molecule has 2 rings (SSSR count). The molecule has 0 aliphatic rings. The molecule has 2 aromatic carbocycles. The summed E-state index contributed by atoms with van der Waals surface area (Å²) in [6.07, 6.45) is 0. The van der Waals surface area contributed by atoms with Gasteiger partial charge in [-0.2, -0.15) is 0 Å². The molecule has 0 saturated carbocycles. The van der Waals surface area contributed by atoms with E-state index in [2.05, 4.69) is 34.0 Å². The van der Waals surface area contributed by atoms with E-state index in [0.29, 0.717) is 19.8 Å². The van der Waals surface area contributed by atoms with Gasteiger partial charge in [0, 0.05) is 12.2 Å². The lowest BCUT2D eigenvalue weighted by Gasteiger charge is -2.15. The number of halogens is 2. The van der Waals surface area contributed by atoms with Crippen molar-refractivity contribution in [2.24, 2.45) is 0 Å². The smallest absolute Gasteiger partial charge is 0.174 e. The van der Waals surface area contributed by atoms with Crippen LogP contribution in [-0.2, 0) is 6.54 Å². The topological polar surface area (TPSA) is 30.5 Å². The normalized spacial score (nSPS) is 10.4. The van der Waals surface area contributed by atoms with Crippen LogP contribution in [0.4, 0.5) is 10.1 Å². The maximum Gasteiger partial charge on any atom is 0.174 e. The van der Waals surface area contributed by atoms with Crippen LogP contribution in [0.2, 0.25) is 0 Å². The van der Waals surface area contributed by atoms with Crippen LogP contribution in [0.3, 0.4) is 0 Å². The van der Waals surface area contributed by atoms with E-state index in [1.807, 2.05) is 19.9 Å². The van der Waals surface area contributed by atoms with Crippen molar-refractivity contribution in [3.63, 3.8) is 0 Å². The fraction of sp³-hybridized carbons (Fsp3) is 0.294. The van der Waals surface area contributed by atoms with Crippen molar-refractivity contribution in [2.45, 2.75) is 20.4 Å². The molecular formula is C17H19FINO2. The Morgan fingerprint density at radius 1 is 1.05 bits per heavy atom. The van der Waals surface area contributed by atoms with E-state index in [1.54, 1.807) is 12.1 Å². The highest BCUT2D eigenvalue weighted by Gasteiger charge is 2.11. The summed E-state index contributed by atoms with van der Waals surface area (Å²) in [6.45, 7) is 5.73. The van der Waals surface area contributed by atoms with E-state index < -0.39 is 0 Å². The van der Waals surface area contributed by atoms with Gasteiger partial charge >= 0.3 is 0 Å². The molecule has 0 fully saturated rings. The zero-order chi connectivity index (χ0) is 15.9. The Hall–Kier alpha value is -1.50. The van der Waals surface area contributed by atoms with E-state index in [1.165, 1.54) is 12.1 Å². The summed E-state index contributed by atoms with van der Waals surface area (Å²) in [5.74, 6) is 1.31. The van der Waals surface area contributed by atoms with Crippen LogP contribution in [-0.4, -0.2) is 13.2 Å². The largest absolute Gasteiger partial charge is 0.490 e. The van der Waals surface area contributed by atoms with Crippen molar-refractivity contribution in [1.29, 1.82) is 0 Å². The van der Waals surface area contributed by atoms with Gasteiger partial charge in [-0.1, -0.05) is 0 Å². The fourth-order valence-electron chi connectivity index (χ4n) is 2.04. The summed E-state index contributed by atoms with van der Waals surface area (Å²) < 4.78 is 25.2. The molecule has 0 atom stereocenters. The van der Waals surface area contributed by atoms with Gasteiger partial charge in [0.2, 0.25) is 0 Å². The second-order valence-electron chi connectivity index (χ2n) is 4.63. The third-order valence-corrected chi connectivity index (χ3v) is 3.80. The van der Waals surface area contributed by atoms with Gasteiger partial charge in [-0.25, -0.2) is 4.39 Å². The summed E-state index contributed by atoms with van der Waals surface area (Å²) in [5, 5.41) is 3.27. The van der Waals surface area contributed by atoms with Crippen molar-refractivity contribution in [1.82, 2.24) is 0 Å². The van der Waals surface area contributed by atoms with E-state index in [-0.39, 0.29) is 5.82 Å². The highest BCUT2D eigenvalue weighted by Crippen LogP contribution is 2.34. The summed E-state index contributed by atoms with van der Waals surface area (Å²) in [6, 6.07) is 10.4. The van der Waals surface area contributed by atoms with Crippen LogP contribution in [0.25, 0.3) is 0 Å².